The highest BCUT2D eigenvalue weighted by Crippen LogP contribution is 2.36. The van der Waals surface area contributed by atoms with Gasteiger partial charge in [-0.3, -0.25) is 0 Å². The van der Waals surface area contributed by atoms with Crippen LogP contribution in [0.4, 0.5) is 0 Å². The molecular formula is C18H18N2O2S. The molecule has 0 aromatic heterocycles. The van der Waals surface area contributed by atoms with E-state index < -0.39 is 10.0 Å². The molecule has 0 saturated carbocycles. The molecule has 0 amide bonds. The van der Waals surface area contributed by atoms with E-state index in [-0.39, 0.29) is 10.9 Å². The van der Waals surface area contributed by atoms with Gasteiger partial charge < -0.3 is 0 Å². The second-order valence-corrected chi connectivity index (χ2v) is 7.77. The van der Waals surface area contributed by atoms with E-state index in [1.54, 1.807) is 25.2 Å². The second-order valence-electron chi connectivity index (χ2n) is 5.77. The molecule has 1 aliphatic carbocycles. The number of hydrogen-bond acceptors (Lipinski definition) is 3. The normalized spacial score (nSPS) is 17.5. The van der Waals surface area contributed by atoms with Gasteiger partial charge in [0.15, 0.2) is 0 Å². The summed E-state index contributed by atoms with van der Waals surface area (Å²) in [6.07, 6.45) is 2.77. The van der Waals surface area contributed by atoms with Crippen molar-refractivity contribution < 1.29 is 8.42 Å². The molecule has 4 nitrogen and oxygen atoms in total. The van der Waals surface area contributed by atoms with Crippen LogP contribution in [-0.2, 0) is 16.4 Å². The maximum absolute atomic E-state index is 12.9. The van der Waals surface area contributed by atoms with Gasteiger partial charge in [-0.05, 0) is 48.6 Å². The number of nitrogens with zero attached hydrogens (tertiary/aromatic N) is 2. The molecule has 2 aromatic carbocycles. The molecule has 118 valence electrons. The zero-order valence-corrected chi connectivity index (χ0v) is 13.8. The Morgan fingerprint density at radius 2 is 1.96 bits per heavy atom. The Balaban J connectivity index is 2.00. The summed E-state index contributed by atoms with van der Waals surface area (Å²) in [5, 5.41) is 8.99. The van der Waals surface area contributed by atoms with Gasteiger partial charge in [-0.25, -0.2) is 8.42 Å². The Labute approximate surface area is 137 Å². The third-order valence-corrected chi connectivity index (χ3v) is 6.28. The SMILES string of the molecule is CN(C1CCCc2ccccc21)S(=O)(=O)c1cccc(C#N)c1. The van der Waals surface area contributed by atoms with E-state index in [1.807, 2.05) is 24.3 Å². The number of rotatable bonds is 3. The van der Waals surface area contributed by atoms with E-state index in [9.17, 15) is 8.42 Å². The molecule has 3 rings (SSSR count). The molecule has 0 bridgehead atoms. The van der Waals surface area contributed by atoms with Crippen molar-refractivity contribution in [3.8, 4) is 6.07 Å². The molecule has 1 aliphatic rings. The van der Waals surface area contributed by atoms with Crippen molar-refractivity contribution >= 4 is 10.0 Å². The fraction of sp³-hybridized carbons (Fsp3) is 0.278. The number of nitriles is 1. The van der Waals surface area contributed by atoms with E-state index in [0.717, 1.165) is 24.8 Å². The lowest BCUT2D eigenvalue weighted by molar-refractivity contribution is 0.337. The lowest BCUT2D eigenvalue weighted by Crippen LogP contribution is -2.33. The predicted octanol–water partition coefficient (Wildman–Crippen LogP) is 3.26. The molecular weight excluding hydrogens is 308 g/mol. The van der Waals surface area contributed by atoms with Crippen LogP contribution < -0.4 is 0 Å². The van der Waals surface area contributed by atoms with Gasteiger partial charge in [-0.2, -0.15) is 9.57 Å². The van der Waals surface area contributed by atoms with Crippen molar-refractivity contribution in [2.75, 3.05) is 7.05 Å². The average molecular weight is 326 g/mol. The zero-order chi connectivity index (χ0) is 16.4. The third-order valence-electron chi connectivity index (χ3n) is 4.42. The summed E-state index contributed by atoms with van der Waals surface area (Å²) in [6, 6.07) is 16.0. The average Bonchev–Trinajstić information content (AvgIpc) is 2.60. The summed E-state index contributed by atoms with van der Waals surface area (Å²) >= 11 is 0. The van der Waals surface area contributed by atoms with Crippen LogP contribution in [0.15, 0.2) is 53.4 Å². The lowest BCUT2D eigenvalue weighted by atomic mass is 9.88. The van der Waals surface area contributed by atoms with E-state index in [1.165, 1.54) is 15.9 Å². The summed E-state index contributed by atoms with van der Waals surface area (Å²) < 4.78 is 27.3. The quantitative estimate of drug-likeness (QED) is 0.870. The Morgan fingerprint density at radius 3 is 2.74 bits per heavy atom. The molecule has 0 fully saturated rings. The number of benzene rings is 2. The maximum atomic E-state index is 12.9. The Bertz CT molecular complexity index is 869. The van der Waals surface area contributed by atoms with Gasteiger partial charge in [0, 0.05) is 13.1 Å². The van der Waals surface area contributed by atoms with Crippen LogP contribution in [-0.4, -0.2) is 19.8 Å². The van der Waals surface area contributed by atoms with Crippen molar-refractivity contribution in [2.24, 2.45) is 0 Å². The third kappa shape index (κ3) is 2.88. The Kier molecular flexibility index (Phi) is 4.20. The molecule has 0 aliphatic heterocycles. The van der Waals surface area contributed by atoms with Crippen LogP contribution in [0.25, 0.3) is 0 Å². The van der Waals surface area contributed by atoms with Crippen molar-refractivity contribution in [3.63, 3.8) is 0 Å². The van der Waals surface area contributed by atoms with Gasteiger partial charge >= 0.3 is 0 Å². The number of hydrogen-bond donors (Lipinski definition) is 0. The van der Waals surface area contributed by atoms with Crippen molar-refractivity contribution in [2.45, 2.75) is 30.2 Å². The van der Waals surface area contributed by atoms with E-state index in [0.29, 0.717) is 5.56 Å². The van der Waals surface area contributed by atoms with Crippen LogP contribution in [0.3, 0.4) is 0 Å². The summed E-state index contributed by atoms with van der Waals surface area (Å²) in [6.45, 7) is 0. The van der Waals surface area contributed by atoms with Crippen LogP contribution in [0, 0.1) is 11.3 Å². The highest BCUT2D eigenvalue weighted by Gasteiger charge is 2.31. The fourth-order valence-electron chi connectivity index (χ4n) is 3.17. The molecule has 1 atom stereocenters. The van der Waals surface area contributed by atoms with Gasteiger partial charge in [-0.1, -0.05) is 30.3 Å². The monoisotopic (exact) mass is 326 g/mol. The topological polar surface area (TPSA) is 61.2 Å². The van der Waals surface area contributed by atoms with E-state index in [2.05, 4.69) is 6.07 Å². The summed E-state index contributed by atoms with van der Waals surface area (Å²) in [5.74, 6) is 0. The van der Waals surface area contributed by atoms with Gasteiger partial charge in [0.2, 0.25) is 10.0 Å². The van der Waals surface area contributed by atoms with Gasteiger partial charge in [0.25, 0.3) is 0 Å². The van der Waals surface area contributed by atoms with Crippen LogP contribution in [0.2, 0.25) is 0 Å². The summed E-state index contributed by atoms with van der Waals surface area (Å²) in [4.78, 5) is 0.169. The Hall–Kier alpha value is -2.16. The standard InChI is InChI=1S/C18H18N2O2S/c1-20(18-11-5-8-15-7-2-3-10-17(15)18)23(21,22)16-9-4-6-14(12-16)13-19/h2-4,6-7,9-10,12,18H,5,8,11H2,1H3. The molecule has 2 aromatic rings. The number of fused-ring (bicyclic) bond motifs is 1. The molecule has 0 N–H and O–H groups in total. The minimum Gasteiger partial charge on any atom is -0.207 e. The first-order valence-corrected chi connectivity index (χ1v) is 9.04. The first-order valence-electron chi connectivity index (χ1n) is 7.60. The zero-order valence-electron chi connectivity index (χ0n) is 12.9. The van der Waals surface area contributed by atoms with E-state index >= 15 is 0 Å². The van der Waals surface area contributed by atoms with Crippen molar-refractivity contribution in [1.82, 2.24) is 4.31 Å². The summed E-state index contributed by atoms with van der Waals surface area (Å²) in [5.41, 5.74) is 2.65. The minimum atomic E-state index is -3.63. The summed E-state index contributed by atoms with van der Waals surface area (Å²) in [7, 11) is -2.01. The molecule has 0 radical (unpaired) electrons. The highest BCUT2D eigenvalue weighted by atomic mass is 32.2. The largest absolute Gasteiger partial charge is 0.243 e. The Morgan fingerprint density at radius 1 is 1.17 bits per heavy atom. The molecule has 23 heavy (non-hydrogen) atoms. The molecule has 0 saturated heterocycles. The van der Waals surface area contributed by atoms with Crippen LogP contribution in [0.1, 0.15) is 35.6 Å². The number of aryl methyl sites for hydroxylation is 1. The first kappa shape index (κ1) is 15.7. The van der Waals surface area contributed by atoms with Crippen molar-refractivity contribution in [3.05, 3.63) is 65.2 Å². The highest BCUT2D eigenvalue weighted by molar-refractivity contribution is 7.89. The second kappa shape index (κ2) is 6.15. The number of sulfonamides is 1. The fourth-order valence-corrected chi connectivity index (χ4v) is 4.58. The first-order chi connectivity index (χ1) is 11.0. The molecule has 0 spiro atoms. The predicted molar refractivity (Wildman–Crippen MR) is 88.2 cm³/mol. The molecule has 1 unspecified atom stereocenters. The minimum absolute atomic E-state index is 0.157. The van der Waals surface area contributed by atoms with Crippen molar-refractivity contribution in [1.29, 1.82) is 5.26 Å². The maximum Gasteiger partial charge on any atom is 0.243 e. The molecule has 0 heterocycles. The van der Waals surface area contributed by atoms with Crippen LogP contribution in [0.5, 0.6) is 0 Å². The van der Waals surface area contributed by atoms with Gasteiger partial charge in [0.1, 0.15) is 0 Å². The van der Waals surface area contributed by atoms with Gasteiger partial charge in [-0.15, -0.1) is 0 Å². The lowest BCUT2D eigenvalue weighted by Gasteiger charge is -2.32. The molecule has 5 heteroatoms. The van der Waals surface area contributed by atoms with Crippen LogP contribution >= 0.6 is 0 Å². The smallest absolute Gasteiger partial charge is 0.207 e. The van der Waals surface area contributed by atoms with E-state index in [4.69, 9.17) is 5.26 Å². The van der Waals surface area contributed by atoms with Gasteiger partial charge in [0.05, 0.1) is 16.5 Å².